The van der Waals surface area contributed by atoms with Crippen molar-refractivity contribution in [1.29, 1.82) is 0 Å². The molecule has 0 aliphatic heterocycles. The van der Waals surface area contributed by atoms with Crippen LogP contribution in [0.4, 0.5) is 0 Å². The predicted molar refractivity (Wildman–Crippen MR) is 67.6 cm³/mol. The summed E-state index contributed by atoms with van der Waals surface area (Å²) in [7, 11) is 1.51. The van der Waals surface area contributed by atoms with Crippen molar-refractivity contribution in [2.45, 2.75) is 18.3 Å². The van der Waals surface area contributed by atoms with Crippen LogP contribution >= 0.6 is 11.6 Å². The third-order valence-corrected chi connectivity index (χ3v) is 3.49. The highest BCUT2D eigenvalue weighted by molar-refractivity contribution is 6.30. The molecule has 0 heterocycles. The molecule has 0 spiro atoms. The molecule has 0 aromatic heterocycles. The first-order valence-electron chi connectivity index (χ1n) is 5.69. The number of carbonyl (C=O) groups excluding carboxylic acids is 1. The Hall–Kier alpha value is -1.55. The van der Waals surface area contributed by atoms with Gasteiger partial charge in [0, 0.05) is 12.1 Å². The minimum atomic E-state index is -1.01. The Labute approximate surface area is 110 Å². The summed E-state index contributed by atoms with van der Waals surface area (Å²) in [6.45, 7) is -0.277. The highest BCUT2D eigenvalue weighted by atomic mass is 35.5. The third kappa shape index (κ3) is 2.34. The van der Waals surface area contributed by atoms with E-state index in [4.69, 9.17) is 16.7 Å². The molecule has 1 aromatic carbocycles. The van der Waals surface area contributed by atoms with Crippen molar-refractivity contribution in [1.82, 2.24) is 4.90 Å². The molecule has 0 saturated heterocycles. The molecular weight excluding hydrogens is 254 g/mol. The van der Waals surface area contributed by atoms with Gasteiger partial charge in [-0.3, -0.25) is 9.59 Å². The lowest BCUT2D eigenvalue weighted by Gasteiger charge is -2.22. The highest BCUT2D eigenvalue weighted by Crippen LogP contribution is 2.49. The first kappa shape index (κ1) is 12.9. The van der Waals surface area contributed by atoms with Gasteiger partial charge in [-0.25, -0.2) is 0 Å². The van der Waals surface area contributed by atoms with Gasteiger partial charge in [0.2, 0.25) is 5.91 Å². The Morgan fingerprint density at radius 2 is 2.11 bits per heavy atom. The van der Waals surface area contributed by atoms with Crippen LogP contribution in [0.15, 0.2) is 24.3 Å². The van der Waals surface area contributed by atoms with E-state index in [1.165, 1.54) is 11.9 Å². The van der Waals surface area contributed by atoms with Gasteiger partial charge >= 0.3 is 5.97 Å². The van der Waals surface area contributed by atoms with Crippen LogP contribution in [0, 0.1) is 0 Å². The van der Waals surface area contributed by atoms with Gasteiger partial charge in [0.1, 0.15) is 6.54 Å². The normalized spacial score (nSPS) is 16.1. The van der Waals surface area contributed by atoms with Crippen LogP contribution in [0.3, 0.4) is 0 Å². The molecule has 1 N–H and O–H groups in total. The topological polar surface area (TPSA) is 57.6 Å². The Bertz CT molecular complexity index is 497. The number of carbonyl (C=O) groups is 2. The van der Waals surface area contributed by atoms with Crippen molar-refractivity contribution < 1.29 is 14.7 Å². The fourth-order valence-electron chi connectivity index (χ4n) is 2.18. The molecule has 5 heteroatoms. The molecule has 1 aliphatic carbocycles. The predicted octanol–water partition coefficient (Wildman–Crippen LogP) is 1.91. The second-order valence-electron chi connectivity index (χ2n) is 4.65. The van der Waals surface area contributed by atoms with E-state index in [0.29, 0.717) is 5.02 Å². The van der Waals surface area contributed by atoms with Crippen molar-refractivity contribution in [3.8, 4) is 0 Å². The summed E-state index contributed by atoms with van der Waals surface area (Å²) in [5.74, 6) is -1.15. The molecule has 96 valence electrons. The molecule has 0 radical (unpaired) electrons. The number of hydrogen-bond donors (Lipinski definition) is 1. The van der Waals surface area contributed by atoms with Gasteiger partial charge in [-0.2, -0.15) is 0 Å². The van der Waals surface area contributed by atoms with E-state index in [1.54, 1.807) is 12.1 Å². The number of benzene rings is 1. The van der Waals surface area contributed by atoms with Gasteiger partial charge in [-0.1, -0.05) is 23.7 Å². The van der Waals surface area contributed by atoms with Crippen molar-refractivity contribution in [3.63, 3.8) is 0 Å². The summed E-state index contributed by atoms with van der Waals surface area (Å²) >= 11 is 5.93. The lowest BCUT2D eigenvalue weighted by atomic mass is 9.94. The zero-order valence-electron chi connectivity index (χ0n) is 10.0. The zero-order chi connectivity index (χ0) is 13.3. The lowest BCUT2D eigenvalue weighted by molar-refractivity contribution is -0.144. The largest absolute Gasteiger partial charge is 0.480 e. The molecule has 0 atom stereocenters. The standard InChI is InChI=1S/C13H14ClNO3/c1-15(8-11(16)17)12(18)13(5-6-13)9-3-2-4-10(14)7-9/h2-4,7H,5-6,8H2,1H3,(H,16,17). The fourth-order valence-corrected chi connectivity index (χ4v) is 2.37. The zero-order valence-corrected chi connectivity index (χ0v) is 10.8. The van der Waals surface area contributed by atoms with Crippen LogP contribution in [-0.4, -0.2) is 35.5 Å². The molecule has 1 aromatic rings. The van der Waals surface area contributed by atoms with E-state index in [1.807, 2.05) is 12.1 Å². The summed E-state index contributed by atoms with van der Waals surface area (Å²) in [5.41, 5.74) is 0.312. The number of carboxylic acid groups (broad SMARTS) is 1. The van der Waals surface area contributed by atoms with E-state index in [2.05, 4.69) is 0 Å². The quantitative estimate of drug-likeness (QED) is 0.907. The van der Waals surface area contributed by atoms with E-state index in [0.717, 1.165) is 18.4 Å². The second kappa shape index (κ2) is 4.61. The number of likely N-dealkylation sites (N-methyl/N-ethyl adjacent to an activating group) is 1. The second-order valence-corrected chi connectivity index (χ2v) is 5.08. The van der Waals surface area contributed by atoms with Crippen LogP contribution in [0.1, 0.15) is 18.4 Å². The Morgan fingerprint density at radius 1 is 1.44 bits per heavy atom. The number of aliphatic carboxylic acids is 1. The minimum Gasteiger partial charge on any atom is -0.480 e. The molecule has 0 bridgehead atoms. The first-order valence-corrected chi connectivity index (χ1v) is 6.07. The summed E-state index contributed by atoms with van der Waals surface area (Å²) in [6, 6.07) is 7.21. The summed E-state index contributed by atoms with van der Waals surface area (Å²) < 4.78 is 0. The van der Waals surface area contributed by atoms with Gasteiger partial charge in [0.25, 0.3) is 0 Å². The number of hydrogen-bond acceptors (Lipinski definition) is 2. The van der Waals surface area contributed by atoms with Crippen molar-refractivity contribution in [2.24, 2.45) is 0 Å². The molecular formula is C13H14ClNO3. The Kier molecular flexibility index (Phi) is 3.30. The Balaban J connectivity index is 2.22. The minimum absolute atomic E-state index is 0.146. The van der Waals surface area contributed by atoms with E-state index in [-0.39, 0.29) is 12.5 Å². The lowest BCUT2D eigenvalue weighted by Crippen LogP contribution is -2.39. The number of carboxylic acids is 1. The van der Waals surface area contributed by atoms with Crippen LogP contribution in [0.2, 0.25) is 5.02 Å². The van der Waals surface area contributed by atoms with E-state index in [9.17, 15) is 9.59 Å². The van der Waals surface area contributed by atoms with Crippen molar-refractivity contribution >= 4 is 23.5 Å². The summed E-state index contributed by atoms with van der Waals surface area (Å²) in [5, 5.41) is 9.31. The molecule has 18 heavy (non-hydrogen) atoms. The maximum absolute atomic E-state index is 12.3. The van der Waals surface area contributed by atoms with Crippen LogP contribution in [0.25, 0.3) is 0 Å². The van der Waals surface area contributed by atoms with Crippen molar-refractivity contribution in [3.05, 3.63) is 34.9 Å². The van der Waals surface area contributed by atoms with Gasteiger partial charge in [0.15, 0.2) is 0 Å². The van der Waals surface area contributed by atoms with Crippen LogP contribution in [-0.2, 0) is 15.0 Å². The number of halogens is 1. The molecule has 0 unspecified atom stereocenters. The molecule has 1 amide bonds. The highest BCUT2D eigenvalue weighted by Gasteiger charge is 2.52. The molecule has 1 saturated carbocycles. The number of amides is 1. The molecule has 1 aliphatic rings. The van der Waals surface area contributed by atoms with Gasteiger partial charge < -0.3 is 10.0 Å². The average molecular weight is 268 g/mol. The van der Waals surface area contributed by atoms with Gasteiger partial charge in [-0.05, 0) is 30.5 Å². The van der Waals surface area contributed by atoms with Gasteiger partial charge in [0.05, 0.1) is 5.41 Å². The maximum Gasteiger partial charge on any atom is 0.323 e. The van der Waals surface area contributed by atoms with E-state index >= 15 is 0 Å². The first-order chi connectivity index (χ1) is 8.45. The summed E-state index contributed by atoms with van der Waals surface area (Å²) in [4.78, 5) is 24.2. The summed E-state index contributed by atoms with van der Waals surface area (Å²) in [6.07, 6.45) is 1.49. The Morgan fingerprint density at radius 3 is 2.61 bits per heavy atom. The average Bonchev–Trinajstić information content (AvgIpc) is 3.08. The van der Waals surface area contributed by atoms with Crippen LogP contribution < -0.4 is 0 Å². The molecule has 1 fully saturated rings. The number of nitrogens with zero attached hydrogens (tertiary/aromatic N) is 1. The third-order valence-electron chi connectivity index (χ3n) is 3.26. The van der Waals surface area contributed by atoms with Crippen molar-refractivity contribution in [2.75, 3.05) is 13.6 Å². The fraction of sp³-hybridized carbons (Fsp3) is 0.385. The SMILES string of the molecule is CN(CC(=O)O)C(=O)C1(c2cccc(Cl)c2)CC1. The smallest absolute Gasteiger partial charge is 0.323 e. The van der Waals surface area contributed by atoms with Crippen LogP contribution in [0.5, 0.6) is 0 Å². The molecule has 2 rings (SSSR count). The monoisotopic (exact) mass is 267 g/mol. The maximum atomic E-state index is 12.3. The van der Waals surface area contributed by atoms with E-state index < -0.39 is 11.4 Å². The molecule has 4 nitrogen and oxygen atoms in total. The number of rotatable bonds is 4. The van der Waals surface area contributed by atoms with Gasteiger partial charge in [-0.15, -0.1) is 0 Å².